The number of rotatable bonds is 3. The molecule has 6 nitrogen and oxygen atoms in total. The number of nitrogens with one attached hydrogen (secondary N) is 1. The largest absolute Gasteiger partial charge is 0.486 e. The second-order valence-corrected chi connectivity index (χ2v) is 7.00. The minimum Gasteiger partial charge on any atom is -0.486 e. The van der Waals surface area contributed by atoms with Crippen LogP contribution in [0.5, 0.6) is 11.5 Å². The second kappa shape index (κ2) is 6.51. The molecule has 0 bridgehead atoms. The monoisotopic (exact) mass is 331 g/mol. The molecule has 0 radical (unpaired) electrons. The minimum atomic E-state index is 0.0449. The van der Waals surface area contributed by atoms with Crippen LogP contribution < -0.4 is 14.8 Å². The fourth-order valence-corrected chi connectivity index (χ4v) is 4.02. The first-order valence-corrected chi connectivity index (χ1v) is 8.87. The normalized spacial score (nSPS) is 30.3. The lowest BCUT2D eigenvalue weighted by atomic mass is 10.0. The van der Waals surface area contributed by atoms with Crippen molar-refractivity contribution in [2.75, 3.05) is 32.8 Å². The molecule has 3 aliphatic heterocycles. The zero-order chi connectivity index (χ0) is 16.5. The zero-order valence-corrected chi connectivity index (χ0v) is 14.1. The van der Waals surface area contributed by atoms with E-state index in [9.17, 15) is 4.79 Å². The third kappa shape index (κ3) is 3.02. The van der Waals surface area contributed by atoms with Crippen LogP contribution in [0.4, 0.5) is 4.79 Å². The molecule has 3 unspecified atom stereocenters. The number of amides is 2. The standard InChI is InChI=1S/C18H25N3O3/c1-13-9-19-18(22)21(13)14-5-4-8-20(10-14)11-15-12-23-16-6-2-3-7-17(16)24-15/h2-3,6-7,13-15H,4-5,8-12H2,1H3,(H,19,22). The first-order chi connectivity index (χ1) is 11.7. The van der Waals surface area contributed by atoms with E-state index in [0.717, 1.165) is 50.5 Å². The molecular formula is C18H25N3O3. The molecule has 0 spiro atoms. The molecule has 2 saturated heterocycles. The Kier molecular flexibility index (Phi) is 4.22. The van der Waals surface area contributed by atoms with Gasteiger partial charge in [-0.3, -0.25) is 4.90 Å². The maximum atomic E-state index is 12.1. The summed E-state index contributed by atoms with van der Waals surface area (Å²) in [5.74, 6) is 1.66. The molecule has 1 aromatic carbocycles. The molecule has 0 aromatic heterocycles. The van der Waals surface area contributed by atoms with Gasteiger partial charge in [0, 0.05) is 31.7 Å². The van der Waals surface area contributed by atoms with Gasteiger partial charge in [0.15, 0.2) is 11.5 Å². The summed E-state index contributed by atoms with van der Waals surface area (Å²) < 4.78 is 11.9. The molecule has 3 atom stereocenters. The van der Waals surface area contributed by atoms with E-state index < -0.39 is 0 Å². The third-order valence-electron chi connectivity index (χ3n) is 5.16. The summed E-state index contributed by atoms with van der Waals surface area (Å²) in [5.41, 5.74) is 0. The van der Waals surface area contributed by atoms with E-state index in [2.05, 4.69) is 17.1 Å². The Bertz CT molecular complexity index is 609. The molecule has 2 amide bonds. The van der Waals surface area contributed by atoms with Gasteiger partial charge < -0.3 is 19.7 Å². The highest BCUT2D eigenvalue weighted by Crippen LogP contribution is 2.31. The van der Waals surface area contributed by atoms with Crippen LogP contribution >= 0.6 is 0 Å². The Morgan fingerprint density at radius 1 is 1.29 bits per heavy atom. The Morgan fingerprint density at radius 3 is 2.92 bits per heavy atom. The van der Waals surface area contributed by atoms with Gasteiger partial charge in [0.05, 0.1) is 0 Å². The number of piperidine rings is 1. The fraction of sp³-hybridized carbons (Fsp3) is 0.611. The van der Waals surface area contributed by atoms with E-state index in [-0.39, 0.29) is 18.2 Å². The van der Waals surface area contributed by atoms with E-state index in [1.54, 1.807) is 0 Å². The summed E-state index contributed by atoms with van der Waals surface area (Å²) >= 11 is 0. The van der Waals surface area contributed by atoms with Gasteiger partial charge in [-0.05, 0) is 38.4 Å². The number of hydrogen-bond donors (Lipinski definition) is 1. The molecule has 1 N–H and O–H groups in total. The lowest BCUT2D eigenvalue weighted by Gasteiger charge is -2.40. The average Bonchev–Trinajstić information content (AvgIpc) is 2.94. The molecule has 1 aromatic rings. The van der Waals surface area contributed by atoms with Crippen molar-refractivity contribution >= 4 is 6.03 Å². The molecule has 3 heterocycles. The van der Waals surface area contributed by atoms with Crippen molar-refractivity contribution < 1.29 is 14.3 Å². The Morgan fingerprint density at radius 2 is 2.12 bits per heavy atom. The molecule has 0 saturated carbocycles. The van der Waals surface area contributed by atoms with E-state index in [0.29, 0.717) is 12.6 Å². The average molecular weight is 331 g/mol. The summed E-state index contributed by atoms with van der Waals surface area (Å²) in [4.78, 5) is 16.5. The number of fused-ring (bicyclic) bond motifs is 1. The van der Waals surface area contributed by atoms with Gasteiger partial charge in [0.2, 0.25) is 0 Å². The van der Waals surface area contributed by atoms with Crippen LogP contribution in [0.3, 0.4) is 0 Å². The number of likely N-dealkylation sites (tertiary alicyclic amines) is 1. The third-order valence-corrected chi connectivity index (χ3v) is 5.16. The van der Waals surface area contributed by atoms with Crippen molar-refractivity contribution in [2.24, 2.45) is 0 Å². The predicted octanol–water partition coefficient (Wildman–Crippen LogP) is 1.70. The quantitative estimate of drug-likeness (QED) is 0.916. The summed E-state index contributed by atoms with van der Waals surface area (Å²) in [6.07, 6.45) is 2.24. The van der Waals surface area contributed by atoms with Crippen molar-refractivity contribution in [3.8, 4) is 11.5 Å². The van der Waals surface area contributed by atoms with Crippen molar-refractivity contribution in [3.05, 3.63) is 24.3 Å². The van der Waals surface area contributed by atoms with Gasteiger partial charge >= 0.3 is 6.03 Å². The number of carbonyl (C=O) groups is 1. The van der Waals surface area contributed by atoms with Crippen LogP contribution in [0.15, 0.2) is 24.3 Å². The molecule has 2 fully saturated rings. The highest BCUT2D eigenvalue weighted by Gasteiger charge is 2.36. The van der Waals surface area contributed by atoms with Gasteiger partial charge in [-0.25, -0.2) is 4.79 Å². The number of ether oxygens (including phenoxy) is 2. The summed E-state index contributed by atoms with van der Waals surface area (Å²) in [6, 6.07) is 8.48. The van der Waals surface area contributed by atoms with Crippen molar-refractivity contribution in [1.82, 2.24) is 15.1 Å². The lowest BCUT2D eigenvalue weighted by Crippen LogP contribution is -2.53. The maximum absolute atomic E-state index is 12.1. The van der Waals surface area contributed by atoms with Gasteiger partial charge in [-0.2, -0.15) is 0 Å². The highest BCUT2D eigenvalue weighted by molar-refractivity contribution is 5.77. The summed E-state index contributed by atoms with van der Waals surface area (Å²) in [7, 11) is 0. The van der Waals surface area contributed by atoms with Gasteiger partial charge in [0.1, 0.15) is 12.7 Å². The SMILES string of the molecule is CC1CNC(=O)N1C1CCCN(CC2COc3ccccc3O2)C1. The van der Waals surface area contributed by atoms with Crippen molar-refractivity contribution in [3.63, 3.8) is 0 Å². The topological polar surface area (TPSA) is 54.0 Å². The number of urea groups is 1. The Balaban J connectivity index is 1.36. The van der Waals surface area contributed by atoms with Gasteiger partial charge in [-0.15, -0.1) is 0 Å². The molecule has 3 aliphatic rings. The number of para-hydroxylation sites is 2. The fourth-order valence-electron chi connectivity index (χ4n) is 4.02. The molecule has 4 rings (SSSR count). The van der Waals surface area contributed by atoms with Crippen LogP contribution in [0.25, 0.3) is 0 Å². The minimum absolute atomic E-state index is 0.0449. The highest BCUT2D eigenvalue weighted by atomic mass is 16.6. The molecule has 130 valence electrons. The van der Waals surface area contributed by atoms with E-state index in [1.165, 1.54) is 0 Å². The summed E-state index contributed by atoms with van der Waals surface area (Å²) in [6.45, 7) is 6.27. The molecule has 24 heavy (non-hydrogen) atoms. The molecule has 0 aliphatic carbocycles. The van der Waals surface area contributed by atoms with Crippen LogP contribution in [0.2, 0.25) is 0 Å². The maximum Gasteiger partial charge on any atom is 0.318 e. The zero-order valence-electron chi connectivity index (χ0n) is 14.1. The predicted molar refractivity (Wildman–Crippen MR) is 90.5 cm³/mol. The van der Waals surface area contributed by atoms with Gasteiger partial charge in [-0.1, -0.05) is 12.1 Å². The second-order valence-electron chi connectivity index (χ2n) is 7.00. The smallest absolute Gasteiger partial charge is 0.318 e. The van der Waals surface area contributed by atoms with Crippen LogP contribution in [0.1, 0.15) is 19.8 Å². The van der Waals surface area contributed by atoms with Gasteiger partial charge in [0.25, 0.3) is 0 Å². The number of benzene rings is 1. The number of nitrogens with zero attached hydrogens (tertiary/aromatic N) is 2. The summed E-state index contributed by atoms with van der Waals surface area (Å²) in [5, 5.41) is 2.95. The molecular weight excluding hydrogens is 306 g/mol. The number of hydrogen-bond acceptors (Lipinski definition) is 4. The van der Waals surface area contributed by atoms with E-state index >= 15 is 0 Å². The first-order valence-electron chi connectivity index (χ1n) is 8.87. The van der Waals surface area contributed by atoms with Crippen molar-refractivity contribution in [1.29, 1.82) is 0 Å². The lowest BCUT2D eigenvalue weighted by molar-refractivity contribution is 0.0373. The van der Waals surface area contributed by atoms with E-state index in [1.807, 2.05) is 29.2 Å². The van der Waals surface area contributed by atoms with Crippen LogP contribution in [0, 0.1) is 0 Å². The van der Waals surface area contributed by atoms with Crippen molar-refractivity contribution in [2.45, 2.75) is 38.0 Å². The Hall–Kier alpha value is -1.95. The van der Waals surface area contributed by atoms with Crippen LogP contribution in [-0.2, 0) is 0 Å². The van der Waals surface area contributed by atoms with E-state index in [4.69, 9.17) is 9.47 Å². The first kappa shape index (κ1) is 15.6. The van der Waals surface area contributed by atoms with Crippen LogP contribution in [-0.4, -0.2) is 66.8 Å². The Labute approximate surface area is 142 Å². The number of carbonyl (C=O) groups excluding carboxylic acids is 1. The molecule has 6 heteroatoms.